The summed E-state index contributed by atoms with van der Waals surface area (Å²) in [5, 5.41) is 8.99. The van der Waals surface area contributed by atoms with Gasteiger partial charge in [0.25, 0.3) is 0 Å². The van der Waals surface area contributed by atoms with Gasteiger partial charge in [0.2, 0.25) is 0 Å². The van der Waals surface area contributed by atoms with E-state index in [1.165, 1.54) is 11.1 Å². The van der Waals surface area contributed by atoms with Crippen molar-refractivity contribution in [2.45, 2.75) is 33.4 Å². The van der Waals surface area contributed by atoms with Crippen LogP contribution in [0.3, 0.4) is 0 Å². The Labute approximate surface area is 92.5 Å². The minimum absolute atomic E-state index is 0.226. The van der Waals surface area contributed by atoms with Crippen molar-refractivity contribution in [1.29, 1.82) is 0 Å². The van der Waals surface area contributed by atoms with Gasteiger partial charge >= 0.3 is 0 Å². The van der Waals surface area contributed by atoms with Gasteiger partial charge in [-0.25, -0.2) is 0 Å². The van der Waals surface area contributed by atoms with Crippen LogP contribution in [0, 0.1) is 6.92 Å². The molecule has 1 aromatic carbocycles. The van der Waals surface area contributed by atoms with Crippen molar-refractivity contribution < 1.29 is 5.11 Å². The third-order valence-electron chi connectivity index (χ3n) is 2.75. The molecule has 0 aliphatic heterocycles. The summed E-state index contributed by atoms with van der Waals surface area (Å²) in [7, 11) is 0. The largest absolute Gasteiger partial charge is 0.395 e. The zero-order valence-corrected chi connectivity index (χ0v) is 9.90. The molecule has 0 radical (unpaired) electrons. The molecule has 0 amide bonds. The molecule has 15 heavy (non-hydrogen) atoms. The molecule has 84 valence electrons. The van der Waals surface area contributed by atoms with E-state index in [0.717, 1.165) is 13.1 Å². The lowest BCUT2D eigenvalue weighted by Gasteiger charge is -2.26. The quantitative estimate of drug-likeness (QED) is 0.800. The predicted octanol–water partition coefficient (Wildman–Crippen LogP) is 2.20. The molecule has 1 rings (SSSR count). The van der Waals surface area contributed by atoms with Crippen molar-refractivity contribution in [1.82, 2.24) is 4.90 Å². The number of aliphatic hydroxyl groups is 1. The van der Waals surface area contributed by atoms with Crippen molar-refractivity contribution in [3.05, 3.63) is 35.4 Å². The van der Waals surface area contributed by atoms with Crippen LogP contribution >= 0.6 is 0 Å². The van der Waals surface area contributed by atoms with Crippen molar-refractivity contribution in [3.63, 3.8) is 0 Å². The van der Waals surface area contributed by atoms with Crippen molar-refractivity contribution in [2.24, 2.45) is 0 Å². The Balaban J connectivity index is 2.69. The van der Waals surface area contributed by atoms with Gasteiger partial charge in [-0.05, 0) is 31.9 Å². The van der Waals surface area contributed by atoms with Gasteiger partial charge < -0.3 is 5.11 Å². The molecule has 2 heteroatoms. The standard InChI is InChI=1S/C13H21NO/c1-11(2)14(8-9-15)10-13-7-5-4-6-12(13)3/h4-7,11,15H,8-10H2,1-3H3. The molecule has 0 aliphatic carbocycles. The van der Waals surface area contributed by atoms with Crippen LogP contribution < -0.4 is 0 Å². The Morgan fingerprint density at radius 1 is 1.27 bits per heavy atom. The highest BCUT2D eigenvalue weighted by Crippen LogP contribution is 2.12. The lowest BCUT2D eigenvalue weighted by molar-refractivity contribution is 0.159. The van der Waals surface area contributed by atoms with Crippen LogP contribution in [-0.4, -0.2) is 29.2 Å². The second-order valence-electron chi connectivity index (χ2n) is 4.21. The number of hydrogen-bond acceptors (Lipinski definition) is 2. The summed E-state index contributed by atoms with van der Waals surface area (Å²) >= 11 is 0. The molecule has 2 nitrogen and oxygen atoms in total. The van der Waals surface area contributed by atoms with Gasteiger partial charge in [0, 0.05) is 19.1 Å². The van der Waals surface area contributed by atoms with Crippen molar-refractivity contribution in [2.75, 3.05) is 13.2 Å². The van der Waals surface area contributed by atoms with Gasteiger partial charge in [-0.2, -0.15) is 0 Å². The first-order valence-electron chi connectivity index (χ1n) is 5.54. The maximum absolute atomic E-state index is 8.99. The second-order valence-corrected chi connectivity index (χ2v) is 4.21. The summed E-state index contributed by atoms with van der Waals surface area (Å²) < 4.78 is 0. The van der Waals surface area contributed by atoms with Gasteiger partial charge in [-0.15, -0.1) is 0 Å². The molecule has 0 aliphatic rings. The normalized spacial score (nSPS) is 11.3. The van der Waals surface area contributed by atoms with Gasteiger partial charge in [0.1, 0.15) is 0 Å². The van der Waals surface area contributed by atoms with Crippen LogP contribution in [0.5, 0.6) is 0 Å². The highest BCUT2D eigenvalue weighted by Gasteiger charge is 2.10. The van der Waals surface area contributed by atoms with E-state index in [1.54, 1.807) is 0 Å². The first-order chi connectivity index (χ1) is 7.15. The van der Waals surface area contributed by atoms with E-state index < -0.39 is 0 Å². The topological polar surface area (TPSA) is 23.5 Å². The number of nitrogens with zero attached hydrogens (tertiary/aromatic N) is 1. The maximum atomic E-state index is 8.99. The summed E-state index contributed by atoms with van der Waals surface area (Å²) in [6.07, 6.45) is 0. The SMILES string of the molecule is Cc1ccccc1CN(CCO)C(C)C. The monoisotopic (exact) mass is 207 g/mol. The van der Waals surface area contributed by atoms with Gasteiger partial charge in [0.15, 0.2) is 0 Å². The summed E-state index contributed by atoms with van der Waals surface area (Å²) in [4.78, 5) is 2.28. The van der Waals surface area contributed by atoms with Gasteiger partial charge in [0.05, 0.1) is 6.61 Å². The first-order valence-corrected chi connectivity index (χ1v) is 5.54. The first kappa shape index (κ1) is 12.2. The molecule has 0 bridgehead atoms. The smallest absolute Gasteiger partial charge is 0.0558 e. The highest BCUT2D eigenvalue weighted by molar-refractivity contribution is 5.25. The Morgan fingerprint density at radius 2 is 1.93 bits per heavy atom. The lowest BCUT2D eigenvalue weighted by Crippen LogP contribution is -2.33. The van der Waals surface area contributed by atoms with E-state index in [1.807, 2.05) is 0 Å². The van der Waals surface area contributed by atoms with Crippen molar-refractivity contribution in [3.8, 4) is 0 Å². The average Bonchev–Trinajstić information content (AvgIpc) is 2.20. The van der Waals surface area contributed by atoms with E-state index in [0.29, 0.717) is 6.04 Å². The summed E-state index contributed by atoms with van der Waals surface area (Å²) in [6, 6.07) is 8.89. The minimum Gasteiger partial charge on any atom is -0.395 e. The van der Waals surface area contributed by atoms with E-state index in [2.05, 4.69) is 49.9 Å². The average molecular weight is 207 g/mol. The molecule has 1 aromatic rings. The van der Waals surface area contributed by atoms with Gasteiger partial charge in [-0.1, -0.05) is 24.3 Å². The molecule has 0 unspecified atom stereocenters. The summed E-state index contributed by atoms with van der Waals surface area (Å²) in [6.45, 7) is 8.34. The maximum Gasteiger partial charge on any atom is 0.0558 e. The fourth-order valence-corrected chi connectivity index (χ4v) is 1.65. The zero-order valence-electron chi connectivity index (χ0n) is 9.90. The Morgan fingerprint density at radius 3 is 2.47 bits per heavy atom. The Bertz CT molecular complexity index is 296. The molecular formula is C13H21NO. The van der Waals surface area contributed by atoms with E-state index >= 15 is 0 Å². The third kappa shape index (κ3) is 3.65. The number of aliphatic hydroxyl groups excluding tert-OH is 1. The Hall–Kier alpha value is -0.860. The van der Waals surface area contributed by atoms with Crippen molar-refractivity contribution >= 4 is 0 Å². The third-order valence-corrected chi connectivity index (χ3v) is 2.75. The zero-order chi connectivity index (χ0) is 11.3. The van der Waals surface area contributed by atoms with Crippen LogP contribution in [0.25, 0.3) is 0 Å². The highest BCUT2D eigenvalue weighted by atomic mass is 16.3. The number of rotatable bonds is 5. The molecule has 0 atom stereocenters. The van der Waals surface area contributed by atoms with E-state index in [9.17, 15) is 0 Å². The fourth-order valence-electron chi connectivity index (χ4n) is 1.65. The molecule has 0 saturated heterocycles. The second kappa shape index (κ2) is 5.89. The van der Waals surface area contributed by atoms with Crippen LogP contribution in [0.1, 0.15) is 25.0 Å². The Kier molecular flexibility index (Phi) is 4.79. The van der Waals surface area contributed by atoms with E-state index in [4.69, 9.17) is 5.11 Å². The molecule has 0 fully saturated rings. The summed E-state index contributed by atoms with van der Waals surface area (Å²) in [5.74, 6) is 0. The van der Waals surface area contributed by atoms with Crippen LogP contribution in [0.4, 0.5) is 0 Å². The van der Waals surface area contributed by atoms with Crippen LogP contribution in [0.15, 0.2) is 24.3 Å². The van der Waals surface area contributed by atoms with Crippen LogP contribution in [-0.2, 0) is 6.54 Å². The lowest BCUT2D eigenvalue weighted by atomic mass is 10.1. The van der Waals surface area contributed by atoms with Crippen LogP contribution in [0.2, 0.25) is 0 Å². The molecule has 1 N–H and O–H groups in total. The van der Waals surface area contributed by atoms with E-state index in [-0.39, 0.29) is 6.61 Å². The van der Waals surface area contributed by atoms with Gasteiger partial charge in [-0.3, -0.25) is 4.90 Å². The fraction of sp³-hybridized carbons (Fsp3) is 0.538. The molecule has 0 heterocycles. The number of hydrogen-bond donors (Lipinski definition) is 1. The summed E-state index contributed by atoms with van der Waals surface area (Å²) in [5.41, 5.74) is 2.67. The molecule has 0 spiro atoms. The molecule has 0 saturated carbocycles. The number of benzene rings is 1. The number of aryl methyl sites for hydroxylation is 1. The molecular weight excluding hydrogens is 186 g/mol. The minimum atomic E-state index is 0.226. The predicted molar refractivity (Wildman–Crippen MR) is 63.8 cm³/mol. The molecule has 0 aromatic heterocycles.